The van der Waals surface area contributed by atoms with Gasteiger partial charge < -0.3 is 13.9 Å². The number of nitrogens with two attached hydrogens (primary N) is 1. The van der Waals surface area contributed by atoms with Gasteiger partial charge in [-0.25, -0.2) is 5.84 Å². The summed E-state index contributed by atoms with van der Waals surface area (Å²) in [7, 11) is 0. The summed E-state index contributed by atoms with van der Waals surface area (Å²) < 4.78 is 15.8. The Morgan fingerprint density at radius 1 is 1.69 bits per heavy atom. The predicted octanol–water partition coefficient (Wildman–Crippen LogP) is 0.189. The van der Waals surface area contributed by atoms with Gasteiger partial charge in [-0.1, -0.05) is 0 Å². The highest BCUT2D eigenvalue weighted by atomic mass is 16.5. The number of hydrogen-bond donors (Lipinski definition) is 2. The monoisotopic (exact) mass is 226 g/mol. The topological polar surface area (TPSA) is 86.7 Å². The van der Waals surface area contributed by atoms with Crippen LogP contribution in [0.15, 0.2) is 16.7 Å². The molecule has 1 fully saturated rings. The fraction of sp³-hybridized carbons (Fsp3) is 0.500. The number of carbonyl (C=O) groups excluding carboxylic acids is 1. The van der Waals surface area contributed by atoms with Crippen LogP contribution in [0.2, 0.25) is 0 Å². The number of carbonyl (C=O) groups is 1. The van der Waals surface area contributed by atoms with Crippen molar-refractivity contribution < 1.29 is 18.7 Å². The Morgan fingerprint density at radius 3 is 3.25 bits per heavy atom. The second kappa shape index (κ2) is 5.11. The van der Waals surface area contributed by atoms with Gasteiger partial charge in [-0.15, -0.1) is 0 Å². The summed E-state index contributed by atoms with van der Waals surface area (Å²) in [4.78, 5) is 11.3. The summed E-state index contributed by atoms with van der Waals surface area (Å²) >= 11 is 0. The molecule has 6 heteroatoms. The SMILES string of the molecule is NNC(=O)c1occc1COC1CCOC1. The summed E-state index contributed by atoms with van der Waals surface area (Å²) in [6.45, 7) is 1.66. The van der Waals surface area contributed by atoms with E-state index in [1.54, 1.807) is 6.07 Å². The number of amides is 1. The van der Waals surface area contributed by atoms with Crippen LogP contribution in [0, 0.1) is 0 Å². The maximum Gasteiger partial charge on any atom is 0.301 e. The van der Waals surface area contributed by atoms with E-state index < -0.39 is 5.91 Å². The molecule has 0 bridgehead atoms. The molecule has 1 aliphatic heterocycles. The van der Waals surface area contributed by atoms with Crippen LogP contribution >= 0.6 is 0 Å². The van der Waals surface area contributed by atoms with Crippen LogP contribution < -0.4 is 11.3 Å². The lowest BCUT2D eigenvalue weighted by Gasteiger charge is -2.09. The quantitative estimate of drug-likeness (QED) is 0.434. The van der Waals surface area contributed by atoms with Gasteiger partial charge in [-0.05, 0) is 12.5 Å². The molecule has 1 aliphatic rings. The number of hydrazine groups is 1. The molecule has 16 heavy (non-hydrogen) atoms. The van der Waals surface area contributed by atoms with Crippen LogP contribution in [-0.2, 0) is 16.1 Å². The predicted molar refractivity (Wildman–Crippen MR) is 54.4 cm³/mol. The Balaban J connectivity index is 1.93. The molecule has 1 aromatic rings. The molecule has 2 rings (SSSR count). The summed E-state index contributed by atoms with van der Waals surface area (Å²) in [6, 6.07) is 1.69. The molecule has 1 atom stereocenters. The third kappa shape index (κ3) is 2.41. The van der Waals surface area contributed by atoms with Crippen molar-refractivity contribution >= 4 is 5.91 Å². The van der Waals surface area contributed by atoms with E-state index in [2.05, 4.69) is 0 Å². The molecule has 6 nitrogen and oxygen atoms in total. The number of ether oxygens (including phenoxy) is 2. The van der Waals surface area contributed by atoms with Gasteiger partial charge >= 0.3 is 5.91 Å². The van der Waals surface area contributed by atoms with Crippen LogP contribution in [-0.4, -0.2) is 25.2 Å². The first kappa shape index (κ1) is 11.1. The molecule has 0 radical (unpaired) electrons. The first-order chi connectivity index (χ1) is 7.81. The van der Waals surface area contributed by atoms with Gasteiger partial charge in [0.05, 0.1) is 25.6 Å². The normalized spacial score (nSPS) is 19.9. The van der Waals surface area contributed by atoms with Crippen LogP contribution in [0.4, 0.5) is 0 Å². The van der Waals surface area contributed by atoms with Crippen LogP contribution in [0.25, 0.3) is 0 Å². The zero-order valence-electron chi connectivity index (χ0n) is 8.77. The molecule has 0 spiro atoms. The first-order valence-corrected chi connectivity index (χ1v) is 5.08. The second-order valence-electron chi connectivity index (χ2n) is 3.55. The van der Waals surface area contributed by atoms with E-state index in [9.17, 15) is 4.79 Å². The number of hydrogen-bond acceptors (Lipinski definition) is 5. The average Bonchev–Trinajstić information content (AvgIpc) is 2.96. The molecule has 2 heterocycles. The maximum absolute atomic E-state index is 11.3. The van der Waals surface area contributed by atoms with Gasteiger partial charge in [0.15, 0.2) is 5.76 Å². The van der Waals surface area contributed by atoms with Gasteiger partial charge in [0.25, 0.3) is 0 Å². The smallest absolute Gasteiger partial charge is 0.301 e. The van der Waals surface area contributed by atoms with Gasteiger partial charge in [-0.2, -0.15) is 0 Å². The summed E-state index contributed by atoms with van der Waals surface area (Å²) in [5.41, 5.74) is 2.71. The number of nitrogens with one attached hydrogen (secondary N) is 1. The van der Waals surface area contributed by atoms with Crippen molar-refractivity contribution in [3.63, 3.8) is 0 Å². The summed E-state index contributed by atoms with van der Waals surface area (Å²) in [6.07, 6.45) is 2.42. The summed E-state index contributed by atoms with van der Waals surface area (Å²) in [5.74, 6) is 4.77. The molecule has 3 N–H and O–H groups in total. The minimum absolute atomic E-state index is 0.101. The summed E-state index contributed by atoms with van der Waals surface area (Å²) in [5, 5.41) is 0. The van der Waals surface area contributed by atoms with E-state index in [-0.39, 0.29) is 11.9 Å². The molecule has 0 saturated carbocycles. The van der Waals surface area contributed by atoms with Crippen LogP contribution in [0.3, 0.4) is 0 Å². The lowest BCUT2D eigenvalue weighted by atomic mass is 10.2. The fourth-order valence-corrected chi connectivity index (χ4v) is 1.57. The fourth-order valence-electron chi connectivity index (χ4n) is 1.57. The Kier molecular flexibility index (Phi) is 3.55. The molecule has 0 aromatic carbocycles. The van der Waals surface area contributed by atoms with Crippen molar-refractivity contribution in [2.75, 3.05) is 13.2 Å². The Hall–Kier alpha value is -1.37. The second-order valence-corrected chi connectivity index (χ2v) is 3.55. The molecule has 1 amide bonds. The van der Waals surface area contributed by atoms with Crippen LogP contribution in [0.1, 0.15) is 22.5 Å². The largest absolute Gasteiger partial charge is 0.459 e. The number of nitrogen functional groups attached to an aromatic ring is 1. The zero-order chi connectivity index (χ0) is 11.4. The molecule has 88 valence electrons. The van der Waals surface area contributed by atoms with Crippen molar-refractivity contribution in [2.45, 2.75) is 19.1 Å². The minimum Gasteiger partial charge on any atom is -0.459 e. The maximum atomic E-state index is 11.3. The van der Waals surface area contributed by atoms with E-state index in [4.69, 9.17) is 19.7 Å². The standard InChI is InChI=1S/C10H14N2O4/c11-12-10(13)9-7(1-4-15-9)5-16-8-2-3-14-6-8/h1,4,8H,2-3,5-6,11H2,(H,12,13). The highest BCUT2D eigenvalue weighted by molar-refractivity contribution is 5.92. The Bertz CT molecular complexity index is 357. The first-order valence-electron chi connectivity index (χ1n) is 5.08. The third-order valence-electron chi connectivity index (χ3n) is 2.45. The Labute approximate surface area is 92.7 Å². The molecule has 0 aliphatic carbocycles. The lowest BCUT2D eigenvalue weighted by molar-refractivity contribution is 0.0310. The average molecular weight is 226 g/mol. The van der Waals surface area contributed by atoms with E-state index in [1.165, 1.54) is 6.26 Å². The highest BCUT2D eigenvalue weighted by Crippen LogP contribution is 2.15. The van der Waals surface area contributed by atoms with Crippen molar-refractivity contribution in [2.24, 2.45) is 5.84 Å². The lowest BCUT2D eigenvalue weighted by Crippen LogP contribution is -2.30. The van der Waals surface area contributed by atoms with Crippen molar-refractivity contribution in [3.8, 4) is 0 Å². The minimum atomic E-state index is -0.453. The number of furan rings is 1. The molecule has 1 saturated heterocycles. The molecule has 1 unspecified atom stereocenters. The third-order valence-corrected chi connectivity index (χ3v) is 2.45. The van der Waals surface area contributed by atoms with Gasteiger partial charge in [-0.3, -0.25) is 10.2 Å². The zero-order valence-corrected chi connectivity index (χ0v) is 8.77. The molecular weight excluding hydrogens is 212 g/mol. The Morgan fingerprint density at radius 2 is 2.56 bits per heavy atom. The van der Waals surface area contributed by atoms with Gasteiger partial charge in [0, 0.05) is 12.2 Å². The van der Waals surface area contributed by atoms with Gasteiger partial charge in [0.2, 0.25) is 0 Å². The molecule has 1 aromatic heterocycles. The van der Waals surface area contributed by atoms with Crippen molar-refractivity contribution in [1.29, 1.82) is 0 Å². The number of rotatable bonds is 4. The van der Waals surface area contributed by atoms with Crippen molar-refractivity contribution in [1.82, 2.24) is 5.43 Å². The highest BCUT2D eigenvalue weighted by Gasteiger charge is 2.19. The van der Waals surface area contributed by atoms with E-state index >= 15 is 0 Å². The van der Waals surface area contributed by atoms with Crippen molar-refractivity contribution in [3.05, 3.63) is 23.7 Å². The van der Waals surface area contributed by atoms with Crippen LogP contribution in [0.5, 0.6) is 0 Å². The van der Waals surface area contributed by atoms with Gasteiger partial charge in [0.1, 0.15) is 0 Å². The molecular formula is C10H14N2O4. The van der Waals surface area contributed by atoms with E-state index in [0.29, 0.717) is 18.8 Å². The van der Waals surface area contributed by atoms with E-state index in [1.807, 2.05) is 5.43 Å². The van der Waals surface area contributed by atoms with E-state index in [0.717, 1.165) is 13.0 Å².